The van der Waals surface area contributed by atoms with Crippen LogP contribution in [0.15, 0.2) is 59.6 Å². The number of hydrogen-bond donors (Lipinski definition) is 1. The van der Waals surface area contributed by atoms with E-state index in [1.165, 1.54) is 6.08 Å². The van der Waals surface area contributed by atoms with Crippen LogP contribution in [0.1, 0.15) is 48.8 Å². The molecule has 2 aromatic carbocycles. The van der Waals surface area contributed by atoms with Gasteiger partial charge in [-0.3, -0.25) is 14.6 Å². The van der Waals surface area contributed by atoms with E-state index >= 15 is 0 Å². The molecule has 3 aliphatic heterocycles. The van der Waals surface area contributed by atoms with E-state index in [4.69, 9.17) is 11.6 Å². The van der Waals surface area contributed by atoms with Gasteiger partial charge in [0, 0.05) is 33.5 Å². The smallest absolute Gasteiger partial charge is 0.251 e. The van der Waals surface area contributed by atoms with Gasteiger partial charge in [-0.1, -0.05) is 41.9 Å². The minimum atomic E-state index is -1.42. The van der Waals surface area contributed by atoms with Gasteiger partial charge in [-0.2, -0.15) is 5.01 Å². The zero-order chi connectivity index (χ0) is 23.4. The fourth-order valence-corrected chi connectivity index (χ4v) is 6.44. The van der Waals surface area contributed by atoms with Gasteiger partial charge >= 0.3 is 0 Å². The van der Waals surface area contributed by atoms with E-state index in [0.717, 1.165) is 21.6 Å². The minimum absolute atomic E-state index is 0.101. The fraction of sp³-hybridized carbons (Fsp3) is 0.360. The summed E-state index contributed by atoms with van der Waals surface area (Å²) in [5, 5.41) is 15.4. The van der Waals surface area contributed by atoms with Crippen molar-refractivity contribution in [3.63, 3.8) is 0 Å². The van der Waals surface area contributed by atoms with Crippen molar-refractivity contribution in [1.29, 1.82) is 0 Å². The molecule has 2 aromatic rings. The molecule has 172 valence electrons. The number of amides is 1. The van der Waals surface area contributed by atoms with Crippen LogP contribution in [0.5, 0.6) is 0 Å². The number of fused-ring (bicyclic) bond motifs is 3. The second-order valence-corrected chi connectivity index (χ2v) is 10.7. The Morgan fingerprint density at radius 1 is 1.09 bits per heavy atom. The van der Waals surface area contributed by atoms with Crippen molar-refractivity contribution in [3.8, 4) is 0 Å². The predicted molar refractivity (Wildman–Crippen MR) is 128 cm³/mol. The van der Waals surface area contributed by atoms with Gasteiger partial charge in [-0.05, 0) is 49.6 Å². The standard InChI is InChI=1S/C25H26ClN3O3S/c1-14(2)27-13-29(28-12-11-19(30)24(31)23(28)25(27)32)22-17-7-4-5-10-20(17)33-15(3)16-8-6-9-18(26)21(16)22/h4-12,14-15,22-24,31H,13H2,1-3H3. The van der Waals surface area contributed by atoms with Crippen LogP contribution in [0.3, 0.4) is 0 Å². The van der Waals surface area contributed by atoms with Crippen molar-refractivity contribution < 1.29 is 14.7 Å². The third-order valence-electron chi connectivity index (χ3n) is 6.63. The summed E-state index contributed by atoms with van der Waals surface area (Å²) in [6.45, 7) is 6.36. The molecule has 1 saturated heterocycles. The van der Waals surface area contributed by atoms with Crippen molar-refractivity contribution >= 4 is 35.1 Å². The first-order chi connectivity index (χ1) is 15.8. The molecule has 0 aromatic heterocycles. The largest absolute Gasteiger partial charge is 0.382 e. The number of ketones is 1. The van der Waals surface area contributed by atoms with Gasteiger partial charge in [-0.25, -0.2) is 0 Å². The number of halogens is 1. The quantitative estimate of drug-likeness (QED) is 0.692. The van der Waals surface area contributed by atoms with E-state index in [9.17, 15) is 14.7 Å². The lowest BCUT2D eigenvalue weighted by molar-refractivity contribution is -0.188. The molecule has 33 heavy (non-hydrogen) atoms. The molecule has 4 atom stereocenters. The SMILES string of the molecule is CC1Sc2ccccc2C(N2CN(C(C)C)C(=O)C3C(O)C(=O)C=CN32)c2c(Cl)cccc21. The lowest BCUT2D eigenvalue weighted by Gasteiger charge is -2.53. The number of carbonyl (C=O) groups is 2. The van der Waals surface area contributed by atoms with Crippen molar-refractivity contribution in [1.82, 2.24) is 14.9 Å². The highest BCUT2D eigenvalue weighted by atomic mass is 35.5. The van der Waals surface area contributed by atoms with Crippen LogP contribution in [0.4, 0.5) is 0 Å². The van der Waals surface area contributed by atoms with Crippen LogP contribution < -0.4 is 0 Å². The van der Waals surface area contributed by atoms with Crippen molar-refractivity contribution in [2.75, 3.05) is 6.67 Å². The van der Waals surface area contributed by atoms with E-state index in [1.54, 1.807) is 27.9 Å². The van der Waals surface area contributed by atoms with E-state index in [1.807, 2.05) is 38.1 Å². The summed E-state index contributed by atoms with van der Waals surface area (Å²) in [6, 6.07) is 12.8. The Morgan fingerprint density at radius 2 is 1.82 bits per heavy atom. The van der Waals surface area contributed by atoms with Gasteiger partial charge < -0.3 is 10.0 Å². The summed E-state index contributed by atoms with van der Waals surface area (Å²) in [4.78, 5) is 28.5. The molecular weight excluding hydrogens is 458 g/mol. The Bertz CT molecular complexity index is 1150. The van der Waals surface area contributed by atoms with Crippen molar-refractivity contribution in [3.05, 3.63) is 76.5 Å². The monoisotopic (exact) mass is 483 g/mol. The molecule has 5 rings (SSSR count). The first kappa shape index (κ1) is 22.5. The zero-order valence-corrected chi connectivity index (χ0v) is 20.3. The molecule has 0 radical (unpaired) electrons. The molecular formula is C25H26ClN3O3S. The Labute approximate surface area is 202 Å². The minimum Gasteiger partial charge on any atom is -0.382 e. The molecule has 0 spiro atoms. The third-order valence-corrected chi connectivity index (χ3v) is 8.20. The molecule has 8 heteroatoms. The maximum Gasteiger partial charge on any atom is 0.251 e. The number of carbonyl (C=O) groups excluding carboxylic acids is 2. The highest BCUT2D eigenvalue weighted by Gasteiger charge is 2.50. The summed E-state index contributed by atoms with van der Waals surface area (Å²) in [5.74, 6) is -0.713. The average Bonchev–Trinajstić information content (AvgIpc) is 2.91. The number of aliphatic hydroxyl groups is 1. The number of aliphatic hydroxyl groups excluding tert-OH is 1. The first-order valence-corrected chi connectivity index (χ1v) is 12.3. The summed E-state index contributed by atoms with van der Waals surface area (Å²) >= 11 is 8.64. The number of hydrogen-bond acceptors (Lipinski definition) is 6. The first-order valence-electron chi connectivity index (χ1n) is 11.1. The lowest BCUT2D eigenvalue weighted by Crippen LogP contribution is -2.69. The fourth-order valence-electron chi connectivity index (χ4n) is 4.97. The molecule has 6 nitrogen and oxygen atoms in total. The Kier molecular flexibility index (Phi) is 5.77. The molecule has 4 unspecified atom stereocenters. The number of thioether (sulfide) groups is 1. The van der Waals surface area contributed by atoms with E-state index < -0.39 is 17.9 Å². The Morgan fingerprint density at radius 3 is 2.58 bits per heavy atom. The summed E-state index contributed by atoms with van der Waals surface area (Å²) in [6.07, 6.45) is 1.54. The second kappa shape index (κ2) is 8.47. The predicted octanol–water partition coefficient (Wildman–Crippen LogP) is 4.15. The molecule has 0 aliphatic carbocycles. The van der Waals surface area contributed by atoms with E-state index in [0.29, 0.717) is 11.7 Å². The van der Waals surface area contributed by atoms with Crippen LogP contribution in [0.2, 0.25) is 5.02 Å². The lowest BCUT2D eigenvalue weighted by atomic mass is 9.91. The maximum absolute atomic E-state index is 13.3. The Balaban J connectivity index is 1.75. The van der Waals surface area contributed by atoms with E-state index in [2.05, 4.69) is 30.1 Å². The molecule has 0 bridgehead atoms. The highest BCUT2D eigenvalue weighted by molar-refractivity contribution is 7.99. The number of benzene rings is 2. The topological polar surface area (TPSA) is 64.1 Å². The number of rotatable bonds is 2. The highest BCUT2D eigenvalue weighted by Crippen LogP contribution is 2.51. The molecule has 1 amide bonds. The maximum atomic E-state index is 13.3. The van der Waals surface area contributed by atoms with Crippen LogP contribution in [-0.4, -0.2) is 56.6 Å². The van der Waals surface area contributed by atoms with Gasteiger partial charge in [0.05, 0.1) is 12.7 Å². The van der Waals surface area contributed by atoms with Gasteiger partial charge in [0.25, 0.3) is 5.91 Å². The van der Waals surface area contributed by atoms with Crippen molar-refractivity contribution in [2.45, 2.75) is 55.1 Å². The third kappa shape index (κ3) is 3.58. The van der Waals surface area contributed by atoms with Gasteiger partial charge in [-0.15, -0.1) is 11.8 Å². The zero-order valence-electron chi connectivity index (χ0n) is 18.7. The number of hydrazine groups is 1. The average molecular weight is 484 g/mol. The van der Waals surface area contributed by atoms with Crippen LogP contribution in [0.25, 0.3) is 0 Å². The molecule has 3 heterocycles. The van der Waals surface area contributed by atoms with Gasteiger partial charge in [0.1, 0.15) is 6.10 Å². The molecule has 1 N–H and O–H groups in total. The second-order valence-electron chi connectivity index (χ2n) is 8.91. The van der Waals surface area contributed by atoms with Crippen LogP contribution >= 0.6 is 23.4 Å². The normalized spacial score (nSPS) is 27.3. The number of nitrogens with zero attached hydrogens (tertiary/aromatic N) is 3. The molecule has 1 fully saturated rings. The van der Waals surface area contributed by atoms with E-state index in [-0.39, 0.29) is 23.2 Å². The van der Waals surface area contributed by atoms with Gasteiger partial charge in [0.2, 0.25) is 0 Å². The van der Waals surface area contributed by atoms with Crippen LogP contribution in [0, 0.1) is 0 Å². The molecule has 3 aliphatic rings. The Hall–Kier alpha value is -2.32. The summed E-state index contributed by atoms with van der Waals surface area (Å²) in [5.41, 5.74) is 3.20. The van der Waals surface area contributed by atoms with Crippen LogP contribution in [-0.2, 0) is 9.59 Å². The summed E-state index contributed by atoms with van der Waals surface area (Å²) < 4.78 is 0. The van der Waals surface area contributed by atoms with Gasteiger partial charge in [0.15, 0.2) is 11.8 Å². The molecule has 0 saturated carbocycles. The summed E-state index contributed by atoms with van der Waals surface area (Å²) in [7, 11) is 0. The van der Waals surface area contributed by atoms with Crippen molar-refractivity contribution in [2.24, 2.45) is 0 Å².